The van der Waals surface area contributed by atoms with Crippen molar-refractivity contribution in [2.45, 2.75) is 25.8 Å². The van der Waals surface area contributed by atoms with Crippen molar-refractivity contribution in [3.05, 3.63) is 69.1 Å². The summed E-state index contributed by atoms with van der Waals surface area (Å²) < 4.78 is 20.4. The van der Waals surface area contributed by atoms with E-state index >= 15 is 0 Å². The molecule has 2 aromatic heterocycles. The number of ether oxygens (including phenoxy) is 1. The Hall–Kier alpha value is -4.25. The lowest BCUT2D eigenvalue weighted by molar-refractivity contribution is -0.120. The van der Waals surface area contributed by atoms with Crippen molar-refractivity contribution in [2.75, 3.05) is 13.6 Å². The first-order valence-electron chi connectivity index (χ1n) is 10.7. The van der Waals surface area contributed by atoms with Crippen LogP contribution in [-0.4, -0.2) is 45.6 Å². The van der Waals surface area contributed by atoms with Crippen LogP contribution in [0.1, 0.15) is 35.3 Å². The highest BCUT2D eigenvalue weighted by atomic mass is 19.1. The van der Waals surface area contributed by atoms with Crippen LogP contribution in [0.2, 0.25) is 0 Å². The zero-order valence-electron chi connectivity index (χ0n) is 19.3. The first-order valence-corrected chi connectivity index (χ1v) is 10.7. The lowest BCUT2D eigenvalue weighted by atomic mass is 10.0. The summed E-state index contributed by atoms with van der Waals surface area (Å²) in [6.45, 7) is 3.59. The van der Waals surface area contributed by atoms with Crippen molar-refractivity contribution >= 4 is 29.0 Å². The molecule has 0 aliphatic carbocycles. The fourth-order valence-electron chi connectivity index (χ4n) is 3.65. The zero-order chi connectivity index (χ0) is 25.5. The number of aromatic nitrogens is 2. The Bertz CT molecular complexity index is 1440. The third kappa shape index (κ3) is 4.33. The minimum atomic E-state index is -0.858. The van der Waals surface area contributed by atoms with Gasteiger partial charge in [-0.15, -0.1) is 0 Å². The standard InChI is InChI=1S/C24H24FN5O5/c1-24(2,11-26)29-21(32)15-10-30-18-17(19(31)16(23(30)34)22(33)27-3)28-9-13(20(18)35-15)8-12-4-6-14(25)7-5-12/h4-7,9-10,31H,8,11,26H2,1-3H3,(H,27,33)(H,29,32). The van der Waals surface area contributed by atoms with E-state index in [2.05, 4.69) is 15.6 Å². The second-order valence-corrected chi connectivity index (χ2v) is 8.73. The number of pyridine rings is 2. The van der Waals surface area contributed by atoms with E-state index in [1.807, 2.05) is 0 Å². The van der Waals surface area contributed by atoms with Crippen molar-refractivity contribution in [3.63, 3.8) is 0 Å². The summed E-state index contributed by atoms with van der Waals surface area (Å²) in [7, 11) is 1.32. The largest absolute Gasteiger partial charge is 0.505 e. The molecule has 10 nitrogen and oxygen atoms in total. The molecule has 1 aliphatic rings. The van der Waals surface area contributed by atoms with Gasteiger partial charge in [0.1, 0.15) is 22.4 Å². The van der Waals surface area contributed by atoms with Crippen molar-refractivity contribution in [1.29, 1.82) is 0 Å². The summed E-state index contributed by atoms with van der Waals surface area (Å²) >= 11 is 0. The van der Waals surface area contributed by atoms with E-state index < -0.39 is 40.0 Å². The predicted octanol–water partition coefficient (Wildman–Crippen LogP) is 1.24. The molecule has 35 heavy (non-hydrogen) atoms. The Morgan fingerprint density at radius 2 is 1.91 bits per heavy atom. The molecule has 1 aliphatic heterocycles. The van der Waals surface area contributed by atoms with E-state index in [0.29, 0.717) is 5.56 Å². The summed E-state index contributed by atoms with van der Waals surface area (Å²) in [5, 5.41) is 15.8. The molecule has 182 valence electrons. The lowest BCUT2D eigenvalue weighted by Crippen LogP contribution is -2.50. The van der Waals surface area contributed by atoms with Crippen LogP contribution < -0.4 is 26.7 Å². The number of benzene rings is 1. The van der Waals surface area contributed by atoms with Crippen LogP contribution >= 0.6 is 0 Å². The van der Waals surface area contributed by atoms with Crippen molar-refractivity contribution in [2.24, 2.45) is 5.73 Å². The van der Waals surface area contributed by atoms with Crippen LogP contribution in [0, 0.1) is 5.82 Å². The van der Waals surface area contributed by atoms with E-state index in [-0.39, 0.29) is 35.5 Å². The highest BCUT2D eigenvalue weighted by Gasteiger charge is 2.31. The molecule has 11 heteroatoms. The Balaban J connectivity index is 1.94. The van der Waals surface area contributed by atoms with Crippen molar-refractivity contribution < 1.29 is 23.8 Å². The second kappa shape index (κ2) is 8.84. The van der Waals surface area contributed by atoms with Crippen LogP contribution in [0.4, 0.5) is 4.39 Å². The Kier molecular flexibility index (Phi) is 6.03. The molecule has 5 N–H and O–H groups in total. The SMILES string of the molecule is CNC(=O)c1c(O)c2ncc(Cc3ccc(F)cc3)c3c2n(c1=O)C=C(C(=O)NC(C)(C)CN)O3. The van der Waals surface area contributed by atoms with Crippen molar-refractivity contribution in [1.82, 2.24) is 20.2 Å². The fourth-order valence-corrected chi connectivity index (χ4v) is 3.65. The topological polar surface area (TPSA) is 149 Å². The predicted molar refractivity (Wildman–Crippen MR) is 126 cm³/mol. The zero-order valence-corrected chi connectivity index (χ0v) is 19.3. The maximum atomic E-state index is 13.4. The Morgan fingerprint density at radius 3 is 2.54 bits per heavy atom. The minimum Gasteiger partial charge on any atom is -0.505 e. The van der Waals surface area contributed by atoms with Gasteiger partial charge in [0, 0.05) is 37.3 Å². The molecular formula is C24H24FN5O5. The second-order valence-electron chi connectivity index (χ2n) is 8.73. The number of aromatic hydroxyl groups is 1. The van der Waals surface area contributed by atoms with E-state index in [1.54, 1.807) is 26.0 Å². The summed E-state index contributed by atoms with van der Waals surface area (Å²) in [5.74, 6) is -2.56. The molecule has 0 saturated carbocycles. The minimum absolute atomic E-state index is 0.0564. The van der Waals surface area contributed by atoms with Gasteiger partial charge in [0.2, 0.25) is 5.76 Å². The summed E-state index contributed by atoms with van der Waals surface area (Å²) in [4.78, 5) is 42.9. The maximum absolute atomic E-state index is 13.4. The lowest BCUT2D eigenvalue weighted by Gasteiger charge is -2.27. The van der Waals surface area contributed by atoms with E-state index in [9.17, 15) is 23.9 Å². The molecule has 0 saturated heterocycles. The van der Waals surface area contributed by atoms with Gasteiger partial charge in [-0.1, -0.05) is 12.1 Å². The first kappa shape index (κ1) is 23.9. The quantitative estimate of drug-likeness (QED) is 0.414. The maximum Gasteiger partial charge on any atom is 0.289 e. The average Bonchev–Trinajstić information content (AvgIpc) is 2.83. The number of carbonyl (C=O) groups excluding carboxylic acids is 2. The highest BCUT2D eigenvalue weighted by Crippen LogP contribution is 2.38. The van der Waals surface area contributed by atoms with Crippen LogP contribution in [0.3, 0.4) is 0 Å². The smallest absolute Gasteiger partial charge is 0.289 e. The van der Waals surface area contributed by atoms with Gasteiger partial charge in [0.25, 0.3) is 17.4 Å². The number of nitrogens with two attached hydrogens (primary N) is 1. The third-order valence-electron chi connectivity index (χ3n) is 5.62. The molecule has 2 amide bonds. The number of nitrogens with one attached hydrogen (secondary N) is 2. The van der Waals surface area contributed by atoms with Crippen LogP contribution in [0.15, 0.2) is 41.0 Å². The molecular weight excluding hydrogens is 457 g/mol. The monoisotopic (exact) mass is 481 g/mol. The third-order valence-corrected chi connectivity index (χ3v) is 5.62. The van der Waals surface area contributed by atoms with Crippen LogP contribution in [0.5, 0.6) is 11.5 Å². The van der Waals surface area contributed by atoms with E-state index in [0.717, 1.165) is 16.3 Å². The van der Waals surface area contributed by atoms with Crippen LogP contribution in [0.25, 0.3) is 17.2 Å². The summed E-state index contributed by atoms with van der Waals surface area (Å²) in [6, 6.07) is 5.78. The van der Waals surface area contributed by atoms with Gasteiger partial charge in [0.05, 0.1) is 6.20 Å². The van der Waals surface area contributed by atoms with Gasteiger partial charge in [-0.3, -0.25) is 23.9 Å². The van der Waals surface area contributed by atoms with Crippen LogP contribution in [-0.2, 0) is 11.2 Å². The molecule has 0 atom stereocenters. The number of carbonyl (C=O) groups is 2. The molecule has 0 unspecified atom stereocenters. The van der Waals surface area contributed by atoms with Crippen molar-refractivity contribution in [3.8, 4) is 11.5 Å². The molecule has 0 spiro atoms. The fraction of sp³-hybridized carbons (Fsp3) is 0.250. The number of amides is 2. The van der Waals surface area contributed by atoms with Gasteiger partial charge in [-0.05, 0) is 31.5 Å². The molecule has 1 aromatic carbocycles. The number of nitrogens with zero attached hydrogens (tertiary/aromatic N) is 2. The average molecular weight is 481 g/mol. The number of halogens is 1. The highest BCUT2D eigenvalue weighted by molar-refractivity contribution is 6.04. The Labute approximate surface area is 199 Å². The molecule has 3 heterocycles. The summed E-state index contributed by atoms with van der Waals surface area (Å²) in [6.07, 6.45) is 2.79. The Morgan fingerprint density at radius 1 is 1.23 bits per heavy atom. The van der Waals surface area contributed by atoms with E-state index in [1.165, 1.54) is 25.4 Å². The first-order chi connectivity index (χ1) is 16.6. The molecule has 0 bridgehead atoms. The normalized spacial score (nSPS) is 12.7. The van der Waals surface area contributed by atoms with Gasteiger partial charge in [0.15, 0.2) is 11.5 Å². The molecule has 0 fully saturated rings. The number of hydrogen-bond acceptors (Lipinski definition) is 7. The number of rotatable bonds is 6. The van der Waals surface area contributed by atoms with Gasteiger partial charge in [-0.25, -0.2) is 4.39 Å². The van der Waals surface area contributed by atoms with Gasteiger partial charge in [-0.2, -0.15) is 0 Å². The molecule has 3 aromatic rings. The number of hydrogen-bond donors (Lipinski definition) is 4. The summed E-state index contributed by atoms with van der Waals surface area (Å²) in [5.41, 5.74) is 4.80. The van der Waals surface area contributed by atoms with Gasteiger partial charge >= 0.3 is 0 Å². The molecule has 0 radical (unpaired) electrons. The van der Waals surface area contributed by atoms with E-state index in [4.69, 9.17) is 10.5 Å². The van der Waals surface area contributed by atoms with Gasteiger partial charge < -0.3 is 26.2 Å². The molecule has 4 rings (SSSR count).